The predicted molar refractivity (Wildman–Crippen MR) is 71.0 cm³/mol. The number of rotatable bonds is 1. The van der Waals surface area contributed by atoms with E-state index in [1.54, 1.807) is 6.07 Å². The highest BCUT2D eigenvalue weighted by Crippen LogP contribution is 2.24. The molecule has 2 heterocycles. The quantitative estimate of drug-likeness (QED) is 0.751. The van der Waals surface area contributed by atoms with Gasteiger partial charge in [-0.3, -0.25) is 0 Å². The van der Waals surface area contributed by atoms with Gasteiger partial charge in [0.05, 0.1) is 0 Å². The molecule has 3 rings (SSSR count). The Labute approximate surface area is 106 Å². The van der Waals surface area contributed by atoms with Crippen molar-refractivity contribution in [3.05, 3.63) is 24.4 Å². The maximum atomic E-state index is 10.0. The van der Waals surface area contributed by atoms with Gasteiger partial charge in [-0.15, -0.1) is 0 Å². The summed E-state index contributed by atoms with van der Waals surface area (Å²) in [7, 11) is -0.475. The summed E-state index contributed by atoms with van der Waals surface area (Å²) in [6.45, 7) is 5.45. The molecule has 94 valence electrons. The first-order chi connectivity index (χ1) is 8.55. The van der Waals surface area contributed by atoms with Crippen LogP contribution in [0.3, 0.4) is 0 Å². The Morgan fingerprint density at radius 1 is 1.28 bits per heavy atom. The third-order valence-corrected chi connectivity index (χ3v) is 3.21. The summed E-state index contributed by atoms with van der Waals surface area (Å²) >= 11 is 0. The molecule has 0 atom stereocenters. The summed E-state index contributed by atoms with van der Waals surface area (Å²) in [5.41, 5.74) is 1.63. The Hall–Kier alpha value is -1.46. The highest BCUT2D eigenvalue weighted by Gasteiger charge is 2.35. The van der Waals surface area contributed by atoms with Crippen LogP contribution in [0.4, 0.5) is 0 Å². The maximum Gasteiger partial charge on any atom is 0.497 e. The molecular weight excluding hydrogens is 229 g/mol. The molecule has 18 heavy (non-hydrogen) atoms. The normalized spacial score (nSPS) is 19.3. The number of hydrogen-bond donors (Lipinski definition) is 2. The number of nitrogens with one attached hydrogen (secondary N) is 1. The first-order valence-corrected chi connectivity index (χ1v) is 6.08. The summed E-state index contributed by atoms with van der Waals surface area (Å²) in [4.78, 5) is 3.06. The summed E-state index contributed by atoms with van der Waals surface area (Å²) in [6.07, 6.45) is 1.85. The van der Waals surface area contributed by atoms with Gasteiger partial charge in [-0.1, -0.05) is 13.8 Å². The van der Waals surface area contributed by atoms with Gasteiger partial charge >= 0.3 is 7.12 Å². The standard InChI is InChI=1S/C13H16BNO3/c1-13(2)7-17-14(18-8-13)10-5-9-3-4-15-11(9)6-12(10)16/h3-6,15-16H,7-8H2,1-2H3. The molecule has 0 unspecified atom stereocenters. The highest BCUT2D eigenvalue weighted by atomic mass is 16.6. The molecule has 4 nitrogen and oxygen atoms in total. The van der Waals surface area contributed by atoms with Crippen LogP contribution in [-0.4, -0.2) is 30.4 Å². The first-order valence-electron chi connectivity index (χ1n) is 6.08. The van der Waals surface area contributed by atoms with E-state index in [0.29, 0.717) is 18.7 Å². The number of aromatic hydroxyl groups is 1. The third-order valence-electron chi connectivity index (χ3n) is 3.21. The molecule has 1 aliphatic rings. The second-order valence-electron chi connectivity index (χ2n) is 5.59. The molecule has 1 aliphatic heterocycles. The van der Waals surface area contributed by atoms with Gasteiger partial charge < -0.3 is 19.4 Å². The van der Waals surface area contributed by atoms with Crippen molar-refractivity contribution < 1.29 is 14.4 Å². The lowest BCUT2D eigenvalue weighted by Gasteiger charge is -2.33. The molecule has 0 spiro atoms. The Morgan fingerprint density at radius 2 is 2.00 bits per heavy atom. The van der Waals surface area contributed by atoms with Crippen LogP contribution in [0.25, 0.3) is 10.9 Å². The lowest BCUT2D eigenvalue weighted by atomic mass is 9.75. The Morgan fingerprint density at radius 3 is 2.72 bits per heavy atom. The van der Waals surface area contributed by atoms with Gasteiger partial charge in [0.2, 0.25) is 0 Å². The molecule has 1 fully saturated rings. The van der Waals surface area contributed by atoms with Gasteiger partial charge in [-0.05, 0) is 17.5 Å². The fourth-order valence-electron chi connectivity index (χ4n) is 2.17. The largest absolute Gasteiger partial charge is 0.508 e. The van der Waals surface area contributed by atoms with E-state index >= 15 is 0 Å². The smallest absolute Gasteiger partial charge is 0.497 e. The van der Waals surface area contributed by atoms with Crippen LogP contribution in [0.15, 0.2) is 24.4 Å². The summed E-state index contributed by atoms with van der Waals surface area (Å²) in [6, 6.07) is 5.58. The van der Waals surface area contributed by atoms with Gasteiger partial charge in [0.1, 0.15) is 5.75 Å². The number of hydrogen-bond acceptors (Lipinski definition) is 3. The molecule has 0 radical (unpaired) electrons. The van der Waals surface area contributed by atoms with E-state index in [1.165, 1.54) is 0 Å². The summed E-state index contributed by atoms with van der Waals surface area (Å²) in [5.74, 6) is 0.203. The maximum absolute atomic E-state index is 10.0. The molecule has 5 heteroatoms. The molecule has 2 N–H and O–H groups in total. The molecule has 0 amide bonds. The Balaban J connectivity index is 1.92. The summed E-state index contributed by atoms with van der Waals surface area (Å²) < 4.78 is 11.4. The zero-order chi connectivity index (χ0) is 12.8. The average molecular weight is 245 g/mol. The van der Waals surface area contributed by atoms with Gasteiger partial charge in [-0.25, -0.2) is 0 Å². The number of fused-ring (bicyclic) bond motifs is 1. The van der Waals surface area contributed by atoms with Crippen molar-refractivity contribution in [2.24, 2.45) is 5.41 Å². The molecule has 2 aromatic rings. The fraction of sp³-hybridized carbons (Fsp3) is 0.385. The Kier molecular flexibility index (Phi) is 2.61. The van der Waals surface area contributed by atoms with Crippen molar-refractivity contribution in [2.75, 3.05) is 13.2 Å². The van der Waals surface area contributed by atoms with Crippen LogP contribution in [-0.2, 0) is 9.31 Å². The van der Waals surface area contributed by atoms with Gasteiger partial charge in [-0.2, -0.15) is 0 Å². The molecule has 1 aromatic carbocycles. The second kappa shape index (κ2) is 4.04. The van der Waals surface area contributed by atoms with Crippen LogP contribution >= 0.6 is 0 Å². The van der Waals surface area contributed by atoms with Crippen LogP contribution < -0.4 is 5.46 Å². The molecule has 1 saturated heterocycles. The molecule has 0 bridgehead atoms. The molecule has 0 aliphatic carbocycles. The van der Waals surface area contributed by atoms with Crippen molar-refractivity contribution in [1.82, 2.24) is 4.98 Å². The van der Waals surface area contributed by atoms with Crippen molar-refractivity contribution in [3.63, 3.8) is 0 Å². The van der Waals surface area contributed by atoms with Crippen LogP contribution in [0.1, 0.15) is 13.8 Å². The van der Waals surface area contributed by atoms with Crippen molar-refractivity contribution in [1.29, 1.82) is 0 Å². The number of aromatic nitrogens is 1. The monoisotopic (exact) mass is 245 g/mol. The predicted octanol–water partition coefficient (Wildman–Crippen LogP) is 1.64. The van der Waals surface area contributed by atoms with Crippen LogP contribution in [0, 0.1) is 5.41 Å². The van der Waals surface area contributed by atoms with Gasteiger partial charge in [0.25, 0.3) is 0 Å². The molecular formula is C13H16BNO3. The number of aromatic amines is 1. The van der Waals surface area contributed by atoms with E-state index < -0.39 is 7.12 Å². The zero-order valence-electron chi connectivity index (χ0n) is 10.6. The highest BCUT2D eigenvalue weighted by molar-refractivity contribution is 6.62. The zero-order valence-corrected chi connectivity index (χ0v) is 10.6. The first kappa shape index (κ1) is 11.6. The number of H-pyrrole nitrogens is 1. The fourth-order valence-corrected chi connectivity index (χ4v) is 2.17. The third kappa shape index (κ3) is 2.00. The minimum absolute atomic E-state index is 0.0320. The lowest BCUT2D eigenvalue weighted by Crippen LogP contribution is -2.47. The second-order valence-corrected chi connectivity index (χ2v) is 5.59. The van der Waals surface area contributed by atoms with Crippen LogP contribution in [0.2, 0.25) is 0 Å². The van der Waals surface area contributed by atoms with Crippen molar-refractivity contribution in [2.45, 2.75) is 13.8 Å². The number of phenolic OH excluding ortho intramolecular Hbond substituents is 1. The van der Waals surface area contributed by atoms with E-state index in [1.807, 2.05) is 18.3 Å². The van der Waals surface area contributed by atoms with E-state index in [2.05, 4.69) is 18.8 Å². The van der Waals surface area contributed by atoms with Crippen molar-refractivity contribution >= 4 is 23.5 Å². The SMILES string of the molecule is CC1(C)COB(c2cc3cc[nH]c3cc2O)OC1. The van der Waals surface area contributed by atoms with E-state index in [9.17, 15) is 5.11 Å². The molecule has 1 aromatic heterocycles. The molecule has 0 saturated carbocycles. The minimum atomic E-state index is -0.475. The van der Waals surface area contributed by atoms with Crippen LogP contribution in [0.5, 0.6) is 5.75 Å². The van der Waals surface area contributed by atoms with Gasteiger partial charge in [0, 0.05) is 41.9 Å². The van der Waals surface area contributed by atoms with E-state index in [0.717, 1.165) is 10.9 Å². The van der Waals surface area contributed by atoms with E-state index in [-0.39, 0.29) is 11.2 Å². The van der Waals surface area contributed by atoms with Gasteiger partial charge in [0.15, 0.2) is 0 Å². The Bertz CT molecular complexity index is 569. The summed E-state index contributed by atoms with van der Waals surface area (Å²) in [5, 5.41) is 11.1. The topological polar surface area (TPSA) is 54.5 Å². The lowest BCUT2D eigenvalue weighted by molar-refractivity contribution is 0.0341. The van der Waals surface area contributed by atoms with E-state index in [4.69, 9.17) is 9.31 Å². The van der Waals surface area contributed by atoms with Crippen molar-refractivity contribution in [3.8, 4) is 5.75 Å². The number of benzene rings is 1. The average Bonchev–Trinajstić information content (AvgIpc) is 2.75. The number of phenols is 1. The minimum Gasteiger partial charge on any atom is -0.508 e.